The molecule has 1 aromatic rings. The molecule has 0 aromatic heterocycles. The molecule has 1 aromatic carbocycles. The Labute approximate surface area is 126 Å². The summed E-state index contributed by atoms with van der Waals surface area (Å²) < 4.78 is 5.36. The van der Waals surface area contributed by atoms with Crippen LogP contribution in [0.1, 0.15) is 32.8 Å². The number of aryl methyl sites for hydroxylation is 1. The molecule has 1 aliphatic rings. The van der Waals surface area contributed by atoms with Gasteiger partial charge in [0.2, 0.25) is 0 Å². The molecule has 0 bridgehead atoms. The van der Waals surface area contributed by atoms with Gasteiger partial charge in [0.05, 0.1) is 12.6 Å². The predicted molar refractivity (Wildman–Crippen MR) is 82.1 cm³/mol. The van der Waals surface area contributed by atoms with Crippen molar-refractivity contribution in [2.45, 2.75) is 45.3 Å². The topological polar surface area (TPSA) is 49.8 Å². The van der Waals surface area contributed by atoms with Gasteiger partial charge in [0.15, 0.2) is 0 Å². The number of amides is 1. The van der Waals surface area contributed by atoms with E-state index in [-0.39, 0.29) is 12.0 Å². The maximum atomic E-state index is 12.0. The monoisotopic (exact) mass is 291 g/mol. The van der Waals surface area contributed by atoms with Gasteiger partial charge in [-0.2, -0.15) is 0 Å². The fourth-order valence-electron chi connectivity index (χ4n) is 2.61. The van der Waals surface area contributed by atoms with Crippen molar-refractivity contribution in [3.05, 3.63) is 35.9 Å². The van der Waals surface area contributed by atoms with Crippen LogP contribution in [0.4, 0.5) is 4.79 Å². The van der Waals surface area contributed by atoms with Gasteiger partial charge in [0.25, 0.3) is 0 Å². The first-order valence-corrected chi connectivity index (χ1v) is 7.55. The van der Waals surface area contributed by atoms with Gasteiger partial charge in [-0.05, 0) is 39.2 Å². The van der Waals surface area contributed by atoms with E-state index in [1.165, 1.54) is 5.56 Å². The number of carbonyl (C=O) groups is 1. The van der Waals surface area contributed by atoms with Crippen LogP contribution in [-0.2, 0) is 11.2 Å². The van der Waals surface area contributed by atoms with Crippen molar-refractivity contribution in [1.29, 1.82) is 0 Å². The maximum Gasteiger partial charge on any atom is 0.410 e. The molecular formula is C17H25NO3. The van der Waals surface area contributed by atoms with Crippen molar-refractivity contribution in [1.82, 2.24) is 4.90 Å². The molecule has 0 unspecified atom stereocenters. The number of rotatable bonds is 3. The van der Waals surface area contributed by atoms with E-state index in [0.717, 1.165) is 12.8 Å². The van der Waals surface area contributed by atoms with Crippen molar-refractivity contribution in [2.24, 2.45) is 5.92 Å². The van der Waals surface area contributed by atoms with Crippen LogP contribution in [0.5, 0.6) is 0 Å². The lowest BCUT2D eigenvalue weighted by Gasteiger charge is -2.24. The number of hydrogen-bond donors (Lipinski definition) is 1. The SMILES string of the molecule is CC(C)(C)OC(=O)N1C[C@H](CCc2ccccc2)[C@@H](O)C1. The molecule has 1 saturated heterocycles. The zero-order chi connectivity index (χ0) is 15.5. The maximum absolute atomic E-state index is 12.0. The van der Waals surface area contributed by atoms with Crippen LogP contribution in [0, 0.1) is 5.92 Å². The van der Waals surface area contributed by atoms with Crippen LogP contribution in [0.2, 0.25) is 0 Å². The van der Waals surface area contributed by atoms with Crippen LogP contribution in [0.25, 0.3) is 0 Å². The van der Waals surface area contributed by atoms with Crippen LogP contribution in [0.15, 0.2) is 30.3 Å². The van der Waals surface area contributed by atoms with Crippen molar-refractivity contribution in [3.8, 4) is 0 Å². The quantitative estimate of drug-likeness (QED) is 0.931. The molecule has 1 fully saturated rings. The van der Waals surface area contributed by atoms with Gasteiger partial charge >= 0.3 is 6.09 Å². The number of benzene rings is 1. The first-order chi connectivity index (χ1) is 9.85. The van der Waals surface area contributed by atoms with Crippen molar-refractivity contribution < 1.29 is 14.6 Å². The van der Waals surface area contributed by atoms with Gasteiger partial charge in [-0.25, -0.2) is 4.79 Å². The molecule has 1 amide bonds. The van der Waals surface area contributed by atoms with Gasteiger partial charge in [0, 0.05) is 12.5 Å². The Balaban J connectivity index is 1.85. The summed E-state index contributed by atoms with van der Waals surface area (Å²) in [4.78, 5) is 13.6. The summed E-state index contributed by atoms with van der Waals surface area (Å²) in [7, 11) is 0. The van der Waals surface area contributed by atoms with E-state index in [1.54, 1.807) is 4.90 Å². The third-order valence-electron chi connectivity index (χ3n) is 3.70. The number of ether oxygens (including phenoxy) is 1. The Hall–Kier alpha value is -1.55. The zero-order valence-electron chi connectivity index (χ0n) is 13.1. The van der Waals surface area contributed by atoms with E-state index in [2.05, 4.69) is 12.1 Å². The molecule has 0 saturated carbocycles. The second-order valence-electron chi connectivity index (χ2n) is 6.74. The highest BCUT2D eigenvalue weighted by atomic mass is 16.6. The highest BCUT2D eigenvalue weighted by Crippen LogP contribution is 2.24. The minimum atomic E-state index is -0.496. The Morgan fingerprint density at radius 2 is 1.95 bits per heavy atom. The molecular weight excluding hydrogens is 266 g/mol. The molecule has 2 atom stereocenters. The molecule has 116 valence electrons. The minimum Gasteiger partial charge on any atom is -0.444 e. The first kappa shape index (κ1) is 15.8. The molecule has 4 nitrogen and oxygen atoms in total. The largest absolute Gasteiger partial charge is 0.444 e. The molecule has 2 rings (SSSR count). The molecule has 1 heterocycles. The number of likely N-dealkylation sites (tertiary alicyclic amines) is 1. The van der Waals surface area contributed by atoms with E-state index in [9.17, 15) is 9.90 Å². The third kappa shape index (κ3) is 4.74. The zero-order valence-corrected chi connectivity index (χ0v) is 13.1. The van der Waals surface area contributed by atoms with E-state index < -0.39 is 11.7 Å². The standard InChI is InChI=1S/C17H25NO3/c1-17(2,3)21-16(20)18-11-14(15(19)12-18)10-9-13-7-5-4-6-8-13/h4-8,14-15,19H,9-12H2,1-3H3/t14-,15-/m0/s1. The average Bonchev–Trinajstić information content (AvgIpc) is 2.77. The predicted octanol–water partition coefficient (Wildman–Crippen LogP) is 2.85. The van der Waals surface area contributed by atoms with Crippen LogP contribution >= 0.6 is 0 Å². The molecule has 0 spiro atoms. The van der Waals surface area contributed by atoms with Gasteiger partial charge < -0.3 is 14.7 Å². The van der Waals surface area contributed by atoms with E-state index in [1.807, 2.05) is 39.0 Å². The Kier molecular flexibility index (Phi) is 4.88. The Morgan fingerprint density at radius 3 is 2.57 bits per heavy atom. The summed E-state index contributed by atoms with van der Waals surface area (Å²) in [5.41, 5.74) is 0.768. The lowest BCUT2D eigenvalue weighted by Crippen LogP contribution is -2.35. The molecule has 0 radical (unpaired) electrons. The number of aliphatic hydroxyl groups excluding tert-OH is 1. The van der Waals surface area contributed by atoms with Crippen molar-refractivity contribution in [2.75, 3.05) is 13.1 Å². The van der Waals surface area contributed by atoms with Crippen LogP contribution < -0.4 is 0 Å². The summed E-state index contributed by atoms with van der Waals surface area (Å²) in [6, 6.07) is 10.2. The lowest BCUT2D eigenvalue weighted by molar-refractivity contribution is 0.0269. The van der Waals surface area contributed by atoms with Crippen molar-refractivity contribution >= 4 is 6.09 Å². The summed E-state index contributed by atoms with van der Waals surface area (Å²) in [6.07, 6.45) is 1.01. The van der Waals surface area contributed by atoms with Crippen LogP contribution in [-0.4, -0.2) is 40.9 Å². The number of β-amino-alcohol motifs (C(OH)–C–C–N with tert-alkyl or cyclic N) is 1. The number of carbonyl (C=O) groups excluding carboxylic acids is 1. The molecule has 0 aliphatic carbocycles. The summed E-state index contributed by atoms with van der Waals surface area (Å²) >= 11 is 0. The fraction of sp³-hybridized carbons (Fsp3) is 0.588. The normalized spacial score (nSPS) is 22.4. The number of nitrogens with zero attached hydrogens (tertiary/aromatic N) is 1. The first-order valence-electron chi connectivity index (χ1n) is 7.55. The summed E-state index contributed by atoms with van der Waals surface area (Å²) in [5.74, 6) is 0.123. The van der Waals surface area contributed by atoms with Gasteiger partial charge in [-0.3, -0.25) is 0 Å². The molecule has 4 heteroatoms. The fourth-order valence-corrected chi connectivity index (χ4v) is 2.61. The Morgan fingerprint density at radius 1 is 1.29 bits per heavy atom. The second kappa shape index (κ2) is 6.48. The molecule has 1 aliphatic heterocycles. The summed E-state index contributed by atoms with van der Waals surface area (Å²) in [6.45, 7) is 6.50. The molecule has 1 N–H and O–H groups in total. The van der Waals surface area contributed by atoms with Crippen LogP contribution in [0.3, 0.4) is 0 Å². The minimum absolute atomic E-state index is 0.123. The highest BCUT2D eigenvalue weighted by molar-refractivity contribution is 5.68. The molecule has 21 heavy (non-hydrogen) atoms. The van der Waals surface area contributed by atoms with Gasteiger partial charge in [0.1, 0.15) is 5.60 Å². The smallest absolute Gasteiger partial charge is 0.410 e. The van der Waals surface area contributed by atoms with E-state index >= 15 is 0 Å². The van der Waals surface area contributed by atoms with E-state index in [0.29, 0.717) is 13.1 Å². The number of aliphatic hydroxyl groups is 1. The van der Waals surface area contributed by atoms with Gasteiger partial charge in [-0.1, -0.05) is 30.3 Å². The second-order valence-corrected chi connectivity index (χ2v) is 6.74. The third-order valence-corrected chi connectivity index (χ3v) is 3.70. The average molecular weight is 291 g/mol. The lowest BCUT2D eigenvalue weighted by atomic mass is 9.97. The van der Waals surface area contributed by atoms with E-state index in [4.69, 9.17) is 4.74 Å². The number of hydrogen-bond acceptors (Lipinski definition) is 3. The van der Waals surface area contributed by atoms with Crippen molar-refractivity contribution in [3.63, 3.8) is 0 Å². The van der Waals surface area contributed by atoms with Gasteiger partial charge in [-0.15, -0.1) is 0 Å². The summed E-state index contributed by atoms with van der Waals surface area (Å²) in [5, 5.41) is 10.1. The highest BCUT2D eigenvalue weighted by Gasteiger charge is 2.35. The Bertz CT molecular complexity index is 467.